The van der Waals surface area contributed by atoms with E-state index in [1.807, 2.05) is 4.90 Å². The number of benzene rings is 3. The molecule has 21 heteroatoms. The van der Waals surface area contributed by atoms with Crippen molar-refractivity contribution in [3.05, 3.63) is 83.4 Å². The fourth-order valence-corrected chi connectivity index (χ4v) is 9.13. The van der Waals surface area contributed by atoms with Gasteiger partial charge in [0.15, 0.2) is 5.82 Å². The Balaban J connectivity index is 0.759. The van der Waals surface area contributed by atoms with Crippen LogP contribution >= 0.6 is 0 Å². The number of aromatic amines is 1. The zero-order valence-electron chi connectivity index (χ0n) is 36.7. The summed E-state index contributed by atoms with van der Waals surface area (Å²) >= 11 is 0. The quantitative estimate of drug-likeness (QED) is 0.0416. The number of nitrogens with two attached hydrogens (primary N) is 1. The number of carbonyl (C=O) groups is 6. The van der Waals surface area contributed by atoms with Gasteiger partial charge in [-0.05, 0) is 80.8 Å². The number of rotatable bonds is 21. The number of amides is 6. The number of likely N-dealkylation sites (tertiary alicyclic amines) is 1. The van der Waals surface area contributed by atoms with Gasteiger partial charge in [0.25, 0.3) is 21.8 Å². The van der Waals surface area contributed by atoms with Crippen molar-refractivity contribution in [3.8, 4) is 17.0 Å². The van der Waals surface area contributed by atoms with Crippen molar-refractivity contribution >= 4 is 68.3 Å². The van der Waals surface area contributed by atoms with E-state index in [9.17, 15) is 46.0 Å². The van der Waals surface area contributed by atoms with Gasteiger partial charge >= 0.3 is 5.76 Å². The molecule has 1 unspecified atom stereocenters. The van der Waals surface area contributed by atoms with Gasteiger partial charge in [0.2, 0.25) is 23.6 Å². The number of imide groups is 1. The minimum atomic E-state index is -4.85. The second-order valence-electron chi connectivity index (χ2n) is 16.8. The lowest BCUT2D eigenvalue weighted by molar-refractivity contribution is -0.137. The molecule has 3 aromatic carbocycles. The van der Waals surface area contributed by atoms with Gasteiger partial charge < -0.3 is 30.9 Å². The van der Waals surface area contributed by atoms with Gasteiger partial charge in [-0.3, -0.25) is 43.9 Å². The standard InChI is InChI=1S/C46H53F2N9O9S/c47-46(48)67(64,65)55-30-16-14-29(15-17-30)41-40(42(49)61)43(54-53-41)50-31-8-6-9-32(26-31)66-25-5-3-1-2-4-12-39(60)56-23-21-28(22-24-56)13-19-37(58)51-35-11-7-10-33-34(35)27-57(45(33)63)36-18-20-38(59)52-44(36)62/h6-11,14-17,26,28,36,46,55H,1-5,12-13,18-25,27H2,(H2,49,61)(H,51,58)(H2,50,53,54)(H,52,59,62). The normalized spacial score (nSPS) is 16.5. The first-order valence-electron chi connectivity index (χ1n) is 22.3. The number of fused-ring (bicyclic) bond motifs is 1. The molecule has 3 aliphatic rings. The number of aromatic nitrogens is 2. The largest absolute Gasteiger partial charge is 0.494 e. The van der Waals surface area contributed by atoms with E-state index >= 15 is 0 Å². The van der Waals surface area contributed by atoms with E-state index in [1.165, 1.54) is 29.2 Å². The van der Waals surface area contributed by atoms with Crippen molar-refractivity contribution in [3.63, 3.8) is 0 Å². The zero-order valence-corrected chi connectivity index (χ0v) is 37.5. The molecule has 0 bridgehead atoms. The molecule has 0 saturated carbocycles. The van der Waals surface area contributed by atoms with E-state index in [0.29, 0.717) is 78.7 Å². The maximum atomic E-state index is 13.1. The Labute approximate surface area is 385 Å². The van der Waals surface area contributed by atoms with Crippen LogP contribution in [-0.4, -0.2) is 95.4 Å². The molecule has 2 fully saturated rings. The summed E-state index contributed by atoms with van der Waals surface area (Å²) in [7, 11) is -4.85. The van der Waals surface area contributed by atoms with E-state index in [1.54, 1.807) is 47.2 Å². The third-order valence-corrected chi connectivity index (χ3v) is 13.2. The van der Waals surface area contributed by atoms with E-state index in [4.69, 9.17) is 10.5 Å². The van der Waals surface area contributed by atoms with E-state index in [2.05, 4.69) is 26.1 Å². The number of hydrogen-bond acceptors (Lipinski definition) is 11. The first-order valence-corrected chi connectivity index (χ1v) is 23.8. The van der Waals surface area contributed by atoms with Gasteiger partial charge in [-0.25, -0.2) is 8.42 Å². The summed E-state index contributed by atoms with van der Waals surface area (Å²) in [6.45, 7) is 1.98. The zero-order chi connectivity index (χ0) is 47.7. The van der Waals surface area contributed by atoms with Crippen molar-refractivity contribution in [2.24, 2.45) is 11.7 Å². The Morgan fingerprint density at radius 1 is 0.896 bits per heavy atom. The number of anilines is 4. The van der Waals surface area contributed by atoms with Crippen LogP contribution in [0.1, 0.15) is 103 Å². The van der Waals surface area contributed by atoms with Gasteiger partial charge in [0.05, 0.1) is 12.3 Å². The lowest BCUT2D eigenvalue weighted by Gasteiger charge is -2.32. The number of hydrogen-bond donors (Lipinski definition) is 6. The predicted octanol–water partition coefficient (Wildman–Crippen LogP) is 6.02. The number of halogens is 2. The van der Waals surface area contributed by atoms with Crippen molar-refractivity contribution < 1.29 is 50.7 Å². The number of H-pyrrole nitrogens is 1. The Bertz CT molecular complexity index is 2600. The Morgan fingerprint density at radius 2 is 1.63 bits per heavy atom. The van der Waals surface area contributed by atoms with Gasteiger partial charge in [-0.1, -0.05) is 43.5 Å². The monoisotopic (exact) mass is 945 g/mol. The maximum Gasteiger partial charge on any atom is 0.355 e. The number of carbonyl (C=O) groups excluding carboxylic acids is 6. The van der Waals surface area contributed by atoms with Crippen LogP contribution in [0.4, 0.5) is 31.7 Å². The van der Waals surface area contributed by atoms with Crippen LogP contribution in [0, 0.1) is 5.92 Å². The second kappa shape index (κ2) is 21.6. The van der Waals surface area contributed by atoms with Crippen molar-refractivity contribution in [1.82, 2.24) is 25.3 Å². The molecular weight excluding hydrogens is 893 g/mol. The van der Waals surface area contributed by atoms with Crippen molar-refractivity contribution in [2.75, 3.05) is 35.1 Å². The molecule has 6 amide bonds. The molecule has 0 radical (unpaired) electrons. The summed E-state index contributed by atoms with van der Waals surface area (Å²) < 4.78 is 56.3. The van der Waals surface area contributed by atoms with Crippen molar-refractivity contribution in [1.29, 1.82) is 0 Å². The average Bonchev–Trinajstić information content (AvgIpc) is 3.88. The number of ether oxygens (including phenoxy) is 1. The van der Waals surface area contributed by atoms with Gasteiger partial charge in [-0.15, -0.1) is 0 Å². The molecule has 0 spiro atoms. The molecule has 2 saturated heterocycles. The highest BCUT2D eigenvalue weighted by Crippen LogP contribution is 2.34. The summed E-state index contributed by atoms with van der Waals surface area (Å²) in [4.78, 5) is 79.0. The molecule has 4 aromatic rings. The van der Waals surface area contributed by atoms with Gasteiger partial charge in [0, 0.05) is 78.7 Å². The van der Waals surface area contributed by atoms with E-state index < -0.39 is 33.6 Å². The van der Waals surface area contributed by atoms with Crippen LogP contribution < -0.4 is 31.1 Å². The minimum absolute atomic E-state index is 0.0345. The predicted molar refractivity (Wildman–Crippen MR) is 244 cm³/mol. The van der Waals surface area contributed by atoms with Crippen LogP contribution in [0.3, 0.4) is 0 Å². The molecular formula is C46H53F2N9O9S. The molecule has 1 atom stereocenters. The number of nitrogens with zero attached hydrogens (tertiary/aromatic N) is 3. The van der Waals surface area contributed by atoms with Gasteiger partial charge in [-0.2, -0.15) is 13.9 Å². The Morgan fingerprint density at radius 3 is 2.36 bits per heavy atom. The highest BCUT2D eigenvalue weighted by Gasteiger charge is 2.40. The molecule has 67 heavy (non-hydrogen) atoms. The SMILES string of the molecule is NC(=O)c1c(Nc2cccc(OCCCCCCCC(=O)N3CCC(CCC(=O)Nc4cccc5c4CN(C4CCC(=O)NC4=O)C5=O)CC3)c2)n[nH]c1-c1ccc(NS(=O)(=O)C(F)F)cc1. The first kappa shape index (κ1) is 48.0. The molecule has 7 N–H and O–H groups in total. The van der Waals surface area contributed by atoms with Crippen LogP contribution in [0.2, 0.25) is 0 Å². The van der Waals surface area contributed by atoms with E-state index in [-0.39, 0.29) is 65.8 Å². The van der Waals surface area contributed by atoms with E-state index in [0.717, 1.165) is 44.9 Å². The van der Waals surface area contributed by atoms with Crippen LogP contribution in [-0.2, 0) is 35.7 Å². The Kier molecular flexibility index (Phi) is 15.5. The molecule has 1 aromatic heterocycles. The summed E-state index contributed by atoms with van der Waals surface area (Å²) in [6.07, 6.45) is 7.97. The van der Waals surface area contributed by atoms with Crippen LogP contribution in [0.25, 0.3) is 11.3 Å². The maximum absolute atomic E-state index is 13.1. The summed E-state index contributed by atoms with van der Waals surface area (Å²) in [5, 5.41) is 15.3. The molecule has 356 valence electrons. The lowest BCUT2D eigenvalue weighted by Crippen LogP contribution is -2.52. The fourth-order valence-electron chi connectivity index (χ4n) is 8.57. The van der Waals surface area contributed by atoms with Crippen molar-refractivity contribution in [2.45, 2.75) is 95.4 Å². The number of sulfonamides is 1. The minimum Gasteiger partial charge on any atom is -0.494 e. The number of unbranched alkanes of at least 4 members (excludes halogenated alkanes) is 4. The second-order valence-corrected chi connectivity index (χ2v) is 18.5. The van der Waals surface area contributed by atoms with Gasteiger partial charge in [0.1, 0.15) is 17.4 Å². The third kappa shape index (κ3) is 12.1. The van der Waals surface area contributed by atoms with Crippen LogP contribution in [0.15, 0.2) is 66.7 Å². The lowest BCUT2D eigenvalue weighted by atomic mass is 9.91. The summed E-state index contributed by atoms with van der Waals surface area (Å²) in [6, 6.07) is 16.9. The molecule has 0 aliphatic carbocycles. The number of piperidine rings is 2. The average molecular weight is 946 g/mol. The first-order chi connectivity index (χ1) is 32.2. The molecule has 18 nitrogen and oxygen atoms in total. The third-order valence-electron chi connectivity index (χ3n) is 12.2. The Hall–Kier alpha value is -6.90. The highest BCUT2D eigenvalue weighted by atomic mass is 32.2. The number of primary amides is 1. The molecule has 4 heterocycles. The van der Waals surface area contributed by atoms with Crippen LogP contribution in [0.5, 0.6) is 5.75 Å². The summed E-state index contributed by atoms with van der Waals surface area (Å²) in [5.41, 5.74) is 8.50. The smallest absolute Gasteiger partial charge is 0.355 e. The molecule has 7 rings (SSSR count). The summed E-state index contributed by atoms with van der Waals surface area (Å²) in [5.74, 6) is -4.47. The highest BCUT2D eigenvalue weighted by molar-refractivity contribution is 7.93. The number of alkyl halides is 2. The topological polar surface area (TPSA) is 255 Å². The fraction of sp³-hybridized carbons (Fsp3) is 0.413. The molecule has 3 aliphatic heterocycles. The number of nitrogens with one attached hydrogen (secondary N) is 5.